The van der Waals surface area contributed by atoms with Gasteiger partial charge >= 0.3 is 0 Å². The molecule has 1 aliphatic heterocycles. The van der Waals surface area contributed by atoms with Crippen molar-refractivity contribution in [3.05, 3.63) is 144 Å². The van der Waals surface area contributed by atoms with E-state index < -0.39 is 20.5 Å². The molecular formula is C40H49NO5SSi. The monoisotopic (exact) mass is 683 g/mol. The van der Waals surface area contributed by atoms with E-state index in [1.54, 1.807) is 11.8 Å². The Morgan fingerprint density at radius 3 is 1.46 bits per heavy atom. The average molecular weight is 684 g/mol. The zero-order valence-corrected chi connectivity index (χ0v) is 30.6. The Kier molecular flexibility index (Phi) is 13.1. The van der Waals surface area contributed by atoms with Gasteiger partial charge < -0.3 is 23.5 Å². The molecule has 0 radical (unpaired) electrons. The van der Waals surface area contributed by atoms with E-state index in [-0.39, 0.29) is 16.4 Å². The van der Waals surface area contributed by atoms with E-state index in [2.05, 4.69) is 82.4 Å². The average Bonchev–Trinajstić information content (AvgIpc) is 3.10. The molecule has 0 unspecified atom stereocenters. The van der Waals surface area contributed by atoms with Gasteiger partial charge in [-0.25, -0.2) is 0 Å². The fraction of sp³-hybridized carbons (Fsp3) is 0.375. The fourth-order valence-electron chi connectivity index (χ4n) is 5.02. The number of oxime groups is 1. The van der Waals surface area contributed by atoms with Crippen LogP contribution >= 0.6 is 11.8 Å². The summed E-state index contributed by atoms with van der Waals surface area (Å²) in [6.07, 6.45) is -1.36. The van der Waals surface area contributed by atoms with E-state index in [4.69, 9.17) is 28.6 Å². The summed E-state index contributed by atoms with van der Waals surface area (Å²) in [7, 11) is -2.23. The van der Waals surface area contributed by atoms with E-state index in [1.165, 1.54) is 0 Å². The van der Waals surface area contributed by atoms with Gasteiger partial charge in [-0.15, -0.1) is 0 Å². The summed E-state index contributed by atoms with van der Waals surface area (Å²) in [6.45, 7) is 13.2. The molecule has 4 aromatic carbocycles. The number of benzene rings is 4. The van der Waals surface area contributed by atoms with Crippen LogP contribution < -0.4 is 0 Å². The van der Waals surface area contributed by atoms with E-state index >= 15 is 0 Å². The number of rotatable bonds is 15. The first-order valence-electron chi connectivity index (χ1n) is 16.7. The van der Waals surface area contributed by atoms with Crippen molar-refractivity contribution in [1.29, 1.82) is 0 Å². The topological polar surface area (TPSA) is 58.5 Å². The predicted molar refractivity (Wildman–Crippen MR) is 198 cm³/mol. The van der Waals surface area contributed by atoms with E-state index in [0.717, 1.165) is 27.3 Å². The molecule has 0 aromatic heterocycles. The zero-order chi connectivity index (χ0) is 33.8. The predicted octanol–water partition coefficient (Wildman–Crippen LogP) is 9.41. The molecule has 0 spiro atoms. The van der Waals surface area contributed by atoms with Crippen LogP contribution in [0.3, 0.4) is 0 Å². The lowest BCUT2D eigenvalue weighted by Crippen LogP contribution is -2.56. The number of ether oxygens (including phenoxy) is 4. The minimum absolute atomic E-state index is 0.0144. The van der Waals surface area contributed by atoms with Crippen molar-refractivity contribution >= 4 is 25.1 Å². The van der Waals surface area contributed by atoms with Gasteiger partial charge in [-0.3, -0.25) is 0 Å². The summed E-state index contributed by atoms with van der Waals surface area (Å²) in [5, 5.41) is 5.52. The molecule has 4 aromatic rings. The summed E-state index contributed by atoms with van der Waals surface area (Å²) in [6, 6.07) is 40.9. The lowest BCUT2D eigenvalue weighted by molar-refractivity contribution is -0.139. The molecular weight excluding hydrogens is 635 g/mol. The largest absolute Gasteiger partial charge is 0.454 e. The van der Waals surface area contributed by atoms with Crippen LogP contribution in [0.25, 0.3) is 0 Å². The second kappa shape index (κ2) is 17.4. The Bertz CT molecular complexity index is 1530. The number of hydrogen-bond acceptors (Lipinski definition) is 7. The molecule has 1 aliphatic rings. The van der Waals surface area contributed by atoms with Crippen LogP contribution in [-0.4, -0.2) is 43.5 Å². The molecule has 1 saturated heterocycles. The van der Waals surface area contributed by atoms with Crippen LogP contribution in [0.5, 0.6) is 0 Å². The van der Waals surface area contributed by atoms with Crippen LogP contribution in [0.1, 0.15) is 43.0 Å². The quantitative estimate of drug-likeness (QED) is 0.0920. The minimum Gasteiger partial charge on any atom is -0.454 e. The van der Waals surface area contributed by atoms with Crippen LogP contribution in [0.4, 0.5) is 0 Å². The molecule has 1 heterocycles. The van der Waals surface area contributed by atoms with Crippen LogP contribution in [0, 0.1) is 0 Å². The van der Waals surface area contributed by atoms with Gasteiger partial charge in [-0.2, -0.15) is 0 Å². The second-order valence-corrected chi connectivity index (χ2v) is 19.6. The smallest absolute Gasteiger partial charge is 0.286 e. The van der Waals surface area contributed by atoms with Crippen LogP contribution in [0.15, 0.2) is 126 Å². The highest BCUT2D eigenvalue weighted by Gasteiger charge is 2.48. The Balaban J connectivity index is 1.49. The maximum Gasteiger partial charge on any atom is 0.286 e. The van der Waals surface area contributed by atoms with Crippen molar-refractivity contribution in [2.75, 3.05) is 6.61 Å². The van der Waals surface area contributed by atoms with Crippen molar-refractivity contribution in [2.24, 2.45) is 5.16 Å². The van der Waals surface area contributed by atoms with Crippen molar-refractivity contribution in [3.63, 3.8) is 0 Å². The first kappa shape index (κ1) is 36.0. The summed E-state index contributed by atoms with van der Waals surface area (Å²) >= 11 is 1.62. The van der Waals surface area contributed by atoms with Gasteiger partial charge in [-0.1, -0.05) is 159 Å². The zero-order valence-electron chi connectivity index (χ0n) is 28.8. The number of hydrogen-bond donors (Lipinski definition) is 0. The van der Waals surface area contributed by atoms with Gasteiger partial charge in [0.2, 0.25) is 0 Å². The maximum absolute atomic E-state index is 6.85. The summed E-state index contributed by atoms with van der Waals surface area (Å²) in [4.78, 5) is 0. The molecule has 0 N–H and O–H groups in total. The van der Waals surface area contributed by atoms with E-state index in [0.29, 0.717) is 33.0 Å². The molecule has 5 rings (SSSR count). The first-order chi connectivity index (χ1) is 23.2. The molecule has 0 aliphatic carbocycles. The van der Waals surface area contributed by atoms with Gasteiger partial charge in [0.05, 0.1) is 38.3 Å². The number of thioether (sulfide) groups is 1. The normalized spacial score (nSPS) is 20.9. The summed E-state index contributed by atoms with van der Waals surface area (Å²) < 4.78 is 33.3. The highest BCUT2D eigenvalue weighted by atomic mass is 32.2. The second-order valence-electron chi connectivity index (χ2n) is 13.7. The van der Waals surface area contributed by atoms with Gasteiger partial charge in [0.15, 0.2) is 0 Å². The molecule has 1 fully saturated rings. The lowest BCUT2D eigenvalue weighted by atomic mass is 10.0. The molecule has 48 heavy (non-hydrogen) atoms. The standard InChI is InChI=1S/C40H49NO5SSi/c1-40(2,3)48(4,5)46-41-39-38(45-29-34-24-16-9-17-25-34)37(44-28-33-22-14-8-15-23-33)36(43-27-32-20-12-7-13-21-32)35(47-39)30-42-26-31-18-10-6-11-19-31/h6-25,35-38H,26-30H2,1-5H3/b41-39-/t35-,36+,37-,38+/m0/s1. The summed E-state index contributed by atoms with van der Waals surface area (Å²) in [5.41, 5.74) is 4.36. The SMILES string of the molecule is CC(C)(C)[Si](C)(C)O/N=C1\S[C@@H](COCc2ccccc2)[C@@H](OCc2ccccc2)[C@H](OCc2ccccc2)[C@H]1OCc1ccccc1. The van der Waals surface area contributed by atoms with Crippen molar-refractivity contribution in [3.8, 4) is 0 Å². The lowest BCUT2D eigenvalue weighted by Gasteiger charge is -2.42. The Morgan fingerprint density at radius 2 is 1.00 bits per heavy atom. The molecule has 6 nitrogen and oxygen atoms in total. The molecule has 0 saturated carbocycles. The molecule has 0 bridgehead atoms. The Hall–Kier alpha value is -3.24. The third kappa shape index (κ3) is 10.4. The van der Waals surface area contributed by atoms with Crippen LogP contribution in [-0.2, 0) is 49.9 Å². The van der Waals surface area contributed by atoms with Crippen LogP contribution in [0.2, 0.25) is 18.1 Å². The highest BCUT2D eigenvalue weighted by molar-refractivity contribution is 8.14. The molecule has 4 atom stereocenters. The fourth-order valence-corrected chi connectivity index (χ4v) is 6.95. The highest BCUT2D eigenvalue weighted by Crippen LogP contribution is 2.39. The van der Waals surface area contributed by atoms with Gasteiger partial charge in [0.1, 0.15) is 23.4 Å². The third-order valence-corrected chi connectivity index (χ3v) is 14.3. The van der Waals surface area contributed by atoms with Crippen molar-refractivity contribution in [1.82, 2.24) is 0 Å². The Morgan fingerprint density at radius 1 is 0.583 bits per heavy atom. The van der Waals surface area contributed by atoms with Gasteiger partial charge in [0, 0.05) is 0 Å². The molecule has 254 valence electrons. The van der Waals surface area contributed by atoms with Gasteiger partial charge in [-0.05, 0) is 40.4 Å². The maximum atomic E-state index is 6.85. The van der Waals surface area contributed by atoms with Gasteiger partial charge in [0.25, 0.3) is 8.32 Å². The van der Waals surface area contributed by atoms with E-state index in [1.807, 2.05) is 72.8 Å². The summed E-state index contributed by atoms with van der Waals surface area (Å²) in [5.74, 6) is 0. The molecule has 0 amide bonds. The van der Waals surface area contributed by atoms with Crippen molar-refractivity contribution in [2.45, 2.75) is 88.9 Å². The van der Waals surface area contributed by atoms with Crippen molar-refractivity contribution < 1.29 is 23.5 Å². The van der Waals surface area contributed by atoms with E-state index in [9.17, 15) is 0 Å². The first-order valence-corrected chi connectivity index (χ1v) is 20.5. The third-order valence-electron chi connectivity index (χ3n) is 8.91. The number of nitrogens with zero attached hydrogens (tertiary/aromatic N) is 1. The minimum atomic E-state index is -2.23. The Labute approximate surface area is 291 Å². The molecule has 8 heteroatoms.